The van der Waals surface area contributed by atoms with Gasteiger partial charge in [0.25, 0.3) is 0 Å². The first-order valence-corrected chi connectivity index (χ1v) is 7.44. The Morgan fingerprint density at radius 1 is 1.45 bits per heavy atom. The zero-order valence-corrected chi connectivity index (χ0v) is 11.7. The summed E-state index contributed by atoms with van der Waals surface area (Å²) in [6, 6.07) is 6.59. The molecule has 0 radical (unpaired) electrons. The first-order valence-electron chi connectivity index (χ1n) is 6.05. The summed E-state index contributed by atoms with van der Waals surface area (Å²) in [4.78, 5) is 22.9. The zero-order valence-electron chi connectivity index (χ0n) is 10.9. The number of hydrogen-bond acceptors (Lipinski definition) is 4. The van der Waals surface area contributed by atoms with Gasteiger partial charge in [-0.05, 0) is 12.3 Å². The second-order valence-electron chi connectivity index (χ2n) is 4.31. The van der Waals surface area contributed by atoms with Crippen LogP contribution < -0.4 is 5.32 Å². The van der Waals surface area contributed by atoms with Gasteiger partial charge in [0.05, 0.1) is 17.6 Å². The Balaban J connectivity index is 2.06. The molecule has 2 rings (SSSR count). The highest BCUT2D eigenvalue weighted by molar-refractivity contribution is 7.98. The van der Waals surface area contributed by atoms with E-state index in [-0.39, 0.29) is 12.3 Å². The topological polar surface area (TPSA) is 95.1 Å². The van der Waals surface area contributed by atoms with Crippen molar-refractivity contribution in [1.29, 1.82) is 0 Å². The fraction of sp³-hybridized carbons (Fsp3) is 0.308. The average molecular weight is 293 g/mol. The van der Waals surface area contributed by atoms with Crippen molar-refractivity contribution in [2.75, 3.05) is 12.0 Å². The summed E-state index contributed by atoms with van der Waals surface area (Å²) >= 11 is 1.37. The number of carboxylic acids is 1. The number of amides is 1. The molecule has 0 aliphatic rings. The summed E-state index contributed by atoms with van der Waals surface area (Å²) in [5, 5.41) is 19.3. The van der Waals surface area contributed by atoms with E-state index in [1.807, 2.05) is 24.3 Å². The van der Waals surface area contributed by atoms with Gasteiger partial charge in [0.15, 0.2) is 0 Å². The molecule has 1 heterocycles. The van der Waals surface area contributed by atoms with E-state index in [0.717, 1.165) is 10.9 Å². The molecule has 2 aromatic rings. The predicted molar refractivity (Wildman–Crippen MR) is 77.7 cm³/mol. The number of nitrogens with zero attached hydrogens (tertiary/aromatic N) is 1. The number of carboxylic acid groups (broad SMARTS) is 1. The van der Waals surface area contributed by atoms with Crippen LogP contribution in [0.3, 0.4) is 0 Å². The number of aromatic amines is 1. The van der Waals surface area contributed by atoms with E-state index in [4.69, 9.17) is 5.11 Å². The third-order valence-corrected chi connectivity index (χ3v) is 3.51. The van der Waals surface area contributed by atoms with Crippen molar-refractivity contribution in [3.8, 4) is 0 Å². The highest BCUT2D eigenvalue weighted by atomic mass is 32.2. The zero-order chi connectivity index (χ0) is 14.5. The van der Waals surface area contributed by atoms with Gasteiger partial charge < -0.3 is 10.4 Å². The molecule has 106 valence electrons. The third-order valence-electron chi connectivity index (χ3n) is 2.84. The highest BCUT2D eigenvalue weighted by Crippen LogP contribution is 2.15. The van der Waals surface area contributed by atoms with Gasteiger partial charge in [0.2, 0.25) is 5.91 Å². The first kappa shape index (κ1) is 14.4. The van der Waals surface area contributed by atoms with Crippen molar-refractivity contribution in [3.05, 3.63) is 30.0 Å². The number of aromatic nitrogens is 2. The highest BCUT2D eigenvalue weighted by Gasteiger charge is 2.20. The Bertz CT molecular complexity index is 626. The van der Waals surface area contributed by atoms with Gasteiger partial charge in [-0.25, -0.2) is 4.79 Å². The maximum Gasteiger partial charge on any atom is 0.327 e. The molecule has 0 saturated carbocycles. The average Bonchev–Trinajstić information content (AvgIpc) is 2.81. The molecular formula is C13H15N3O3S. The van der Waals surface area contributed by atoms with Crippen LogP contribution in [0.1, 0.15) is 5.69 Å². The summed E-state index contributed by atoms with van der Waals surface area (Å²) in [6.45, 7) is 0. The SMILES string of the molecule is CSC[C@H](NC(=O)Cc1[nH]nc2ccccc12)C(=O)O. The molecule has 0 spiro atoms. The Kier molecular flexibility index (Phi) is 4.62. The van der Waals surface area contributed by atoms with E-state index in [9.17, 15) is 9.59 Å². The fourth-order valence-electron chi connectivity index (χ4n) is 1.90. The number of rotatable bonds is 6. The van der Waals surface area contributed by atoms with Gasteiger partial charge in [0, 0.05) is 11.1 Å². The van der Waals surface area contributed by atoms with E-state index in [0.29, 0.717) is 11.4 Å². The van der Waals surface area contributed by atoms with Crippen molar-refractivity contribution in [1.82, 2.24) is 15.5 Å². The molecule has 20 heavy (non-hydrogen) atoms. The Morgan fingerprint density at radius 3 is 2.90 bits per heavy atom. The summed E-state index contributed by atoms with van der Waals surface area (Å²) in [5.74, 6) is -1.02. The lowest BCUT2D eigenvalue weighted by Crippen LogP contribution is -2.43. The van der Waals surface area contributed by atoms with Crippen molar-refractivity contribution in [2.24, 2.45) is 0 Å². The molecule has 1 atom stereocenters. The molecule has 0 aliphatic carbocycles. The monoisotopic (exact) mass is 293 g/mol. The number of hydrogen-bond donors (Lipinski definition) is 3. The van der Waals surface area contributed by atoms with E-state index in [1.54, 1.807) is 6.26 Å². The number of nitrogens with one attached hydrogen (secondary N) is 2. The Labute approximate surface area is 119 Å². The smallest absolute Gasteiger partial charge is 0.327 e. The van der Waals surface area contributed by atoms with Crippen LogP contribution in [0.5, 0.6) is 0 Å². The van der Waals surface area contributed by atoms with Crippen LogP contribution in [0.2, 0.25) is 0 Å². The van der Waals surface area contributed by atoms with Gasteiger partial charge in [-0.15, -0.1) is 0 Å². The molecule has 6 nitrogen and oxygen atoms in total. The lowest BCUT2D eigenvalue weighted by molar-refractivity contribution is -0.141. The van der Waals surface area contributed by atoms with E-state index < -0.39 is 12.0 Å². The maximum atomic E-state index is 11.9. The van der Waals surface area contributed by atoms with Crippen LogP contribution in [0.15, 0.2) is 24.3 Å². The molecule has 0 bridgehead atoms. The molecule has 0 unspecified atom stereocenters. The number of para-hydroxylation sites is 1. The van der Waals surface area contributed by atoms with Crippen molar-refractivity contribution in [2.45, 2.75) is 12.5 Å². The van der Waals surface area contributed by atoms with E-state index >= 15 is 0 Å². The normalized spacial score (nSPS) is 12.2. The number of benzene rings is 1. The molecule has 1 amide bonds. The minimum atomic E-state index is -1.03. The summed E-state index contributed by atoms with van der Waals surface area (Å²) in [6.07, 6.45) is 1.88. The summed E-state index contributed by atoms with van der Waals surface area (Å²) in [5.41, 5.74) is 1.47. The first-order chi connectivity index (χ1) is 9.61. The number of thioether (sulfide) groups is 1. The molecule has 7 heteroatoms. The Hall–Kier alpha value is -2.02. The van der Waals surface area contributed by atoms with E-state index in [2.05, 4.69) is 15.5 Å². The number of carbonyl (C=O) groups excluding carboxylic acids is 1. The molecule has 3 N–H and O–H groups in total. The van der Waals surface area contributed by atoms with Crippen LogP contribution in [-0.4, -0.2) is 45.2 Å². The van der Waals surface area contributed by atoms with Crippen molar-refractivity contribution < 1.29 is 14.7 Å². The minimum absolute atomic E-state index is 0.0820. The second kappa shape index (κ2) is 6.42. The summed E-state index contributed by atoms with van der Waals surface area (Å²) < 4.78 is 0. The van der Waals surface area contributed by atoms with Gasteiger partial charge in [0.1, 0.15) is 6.04 Å². The maximum absolute atomic E-state index is 11.9. The van der Waals surface area contributed by atoms with E-state index in [1.165, 1.54) is 11.8 Å². The number of aliphatic carboxylic acids is 1. The lowest BCUT2D eigenvalue weighted by Gasteiger charge is -2.12. The lowest BCUT2D eigenvalue weighted by atomic mass is 10.1. The standard InChI is InChI=1S/C13H15N3O3S/c1-20-7-11(13(18)19)14-12(17)6-10-8-4-2-3-5-9(8)15-16-10/h2-5,11H,6-7H2,1H3,(H,14,17)(H,15,16)(H,18,19)/t11-/m0/s1. The van der Waals surface area contributed by atoms with Crippen LogP contribution in [-0.2, 0) is 16.0 Å². The van der Waals surface area contributed by atoms with Gasteiger partial charge in [-0.1, -0.05) is 18.2 Å². The molecule has 1 aromatic carbocycles. The molecule has 1 aromatic heterocycles. The summed E-state index contributed by atoms with van der Waals surface area (Å²) in [7, 11) is 0. The van der Waals surface area contributed by atoms with Gasteiger partial charge >= 0.3 is 5.97 Å². The number of H-pyrrole nitrogens is 1. The molecule has 0 aliphatic heterocycles. The van der Waals surface area contributed by atoms with Crippen LogP contribution in [0.25, 0.3) is 10.9 Å². The fourth-order valence-corrected chi connectivity index (χ4v) is 2.46. The quantitative estimate of drug-likeness (QED) is 0.739. The third kappa shape index (κ3) is 3.30. The minimum Gasteiger partial charge on any atom is -0.480 e. The van der Waals surface area contributed by atoms with Crippen LogP contribution in [0, 0.1) is 0 Å². The number of carbonyl (C=O) groups is 2. The number of fused-ring (bicyclic) bond motifs is 1. The van der Waals surface area contributed by atoms with Crippen molar-refractivity contribution >= 4 is 34.5 Å². The van der Waals surface area contributed by atoms with Crippen LogP contribution in [0.4, 0.5) is 0 Å². The predicted octanol–water partition coefficient (Wildman–Crippen LogP) is 1.04. The molecular weight excluding hydrogens is 278 g/mol. The second-order valence-corrected chi connectivity index (χ2v) is 5.22. The largest absolute Gasteiger partial charge is 0.480 e. The van der Waals surface area contributed by atoms with Crippen LogP contribution >= 0.6 is 11.8 Å². The van der Waals surface area contributed by atoms with Crippen molar-refractivity contribution in [3.63, 3.8) is 0 Å². The molecule has 0 fully saturated rings. The molecule has 0 saturated heterocycles. The Morgan fingerprint density at radius 2 is 2.20 bits per heavy atom. The van der Waals surface area contributed by atoms with Gasteiger partial charge in [-0.2, -0.15) is 16.9 Å². The van der Waals surface area contributed by atoms with Gasteiger partial charge in [-0.3, -0.25) is 9.89 Å².